The van der Waals surface area contributed by atoms with Crippen LogP contribution in [0.15, 0.2) is 0 Å². The highest BCUT2D eigenvalue weighted by molar-refractivity contribution is 5.00. The second-order valence-electron chi connectivity index (χ2n) is 19.5. The summed E-state index contributed by atoms with van der Waals surface area (Å²) in [5.74, 6) is 0. The van der Waals surface area contributed by atoms with Gasteiger partial charge in [0.15, 0.2) is 44.0 Å². The zero-order chi connectivity index (χ0) is 51.1. The van der Waals surface area contributed by atoms with Gasteiger partial charge in [-0.3, -0.25) is 0 Å². The van der Waals surface area contributed by atoms with Crippen molar-refractivity contribution >= 4 is 0 Å². The number of aliphatic hydroxyl groups is 14. The fraction of sp³-hybridized carbons (Fsp3) is 1.00. The molecule has 21 aliphatic heterocycles. The highest BCUT2D eigenvalue weighted by Gasteiger charge is 2.58. The lowest BCUT2D eigenvalue weighted by atomic mass is 9.96. The normalized spacial score (nSPS) is 59.7. The van der Waals surface area contributed by atoms with E-state index in [9.17, 15) is 71.5 Å². The van der Waals surface area contributed by atoms with E-state index in [4.69, 9.17) is 66.3 Å². The Kier molecular flexibility index (Phi) is 17.2. The Hall–Kier alpha value is -1.12. The number of rotatable bonds is 0. The molecule has 70 heavy (non-hydrogen) atoms. The van der Waals surface area contributed by atoms with Gasteiger partial charge < -0.3 is 138 Å². The number of hydrogen-bond acceptors (Lipinski definition) is 28. The second kappa shape index (κ2) is 21.9. The van der Waals surface area contributed by atoms with Crippen LogP contribution in [-0.2, 0) is 66.3 Å². The van der Waals surface area contributed by atoms with Crippen molar-refractivity contribution in [2.24, 2.45) is 0 Å². The third kappa shape index (κ3) is 10.4. The molecule has 28 heteroatoms. The van der Waals surface area contributed by atoms with Gasteiger partial charge in [-0.15, -0.1) is 0 Å². The molecule has 21 fully saturated rings. The van der Waals surface area contributed by atoms with Crippen LogP contribution in [0.2, 0.25) is 0 Å². The fourth-order valence-electron chi connectivity index (χ4n) is 10.2. The van der Waals surface area contributed by atoms with Crippen molar-refractivity contribution in [1.82, 2.24) is 0 Å². The van der Waals surface area contributed by atoms with E-state index >= 15 is 0 Å². The van der Waals surface area contributed by atoms with Crippen LogP contribution in [0.25, 0.3) is 0 Å². The van der Waals surface area contributed by atoms with Crippen LogP contribution >= 0.6 is 0 Å². The Bertz CT molecular complexity index is 1370. The molecule has 0 saturated carbocycles. The van der Waals surface area contributed by atoms with Crippen molar-refractivity contribution in [2.45, 2.75) is 263 Å². The minimum Gasteiger partial charge on any atom is -0.387 e. The monoisotopic (exact) mass is 1020 g/mol. The van der Waals surface area contributed by atoms with Crippen molar-refractivity contribution < 1.29 is 138 Å². The number of ether oxygens (including phenoxy) is 14. The molecule has 0 amide bonds. The first-order valence-corrected chi connectivity index (χ1v) is 23.6. The van der Waals surface area contributed by atoms with Gasteiger partial charge in [0.2, 0.25) is 0 Å². The molecule has 0 aromatic heterocycles. The van der Waals surface area contributed by atoms with Crippen molar-refractivity contribution in [3.05, 3.63) is 0 Å². The lowest BCUT2D eigenvalue weighted by Gasteiger charge is -2.49. The Morgan fingerprint density at radius 3 is 0.357 bits per heavy atom. The molecule has 14 bridgehead atoms. The van der Waals surface area contributed by atoms with Crippen molar-refractivity contribution in [3.63, 3.8) is 0 Å². The van der Waals surface area contributed by atoms with E-state index in [1.165, 1.54) is 48.5 Å². The maximum atomic E-state index is 11.3. The summed E-state index contributed by atoms with van der Waals surface area (Å²) < 4.78 is 82.0. The highest BCUT2D eigenvalue weighted by atomic mass is 16.8. The summed E-state index contributed by atoms with van der Waals surface area (Å²) in [4.78, 5) is 0. The fourth-order valence-corrected chi connectivity index (χ4v) is 10.2. The quantitative estimate of drug-likeness (QED) is 0.107. The summed E-state index contributed by atoms with van der Waals surface area (Å²) in [6.45, 7) is 9.99. The molecule has 35 unspecified atom stereocenters. The van der Waals surface area contributed by atoms with E-state index in [-0.39, 0.29) is 0 Å². The molecule has 35 atom stereocenters. The smallest absolute Gasteiger partial charge is 0.187 e. The molecule has 14 N–H and O–H groups in total. The van der Waals surface area contributed by atoms with Crippen LogP contribution in [0.1, 0.15) is 48.5 Å². The Morgan fingerprint density at radius 2 is 0.257 bits per heavy atom. The van der Waals surface area contributed by atoms with E-state index in [1.54, 1.807) is 0 Å². The summed E-state index contributed by atoms with van der Waals surface area (Å²) in [6, 6.07) is 0. The molecule has 21 saturated heterocycles. The van der Waals surface area contributed by atoms with Gasteiger partial charge in [0.25, 0.3) is 0 Å². The molecule has 0 spiro atoms. The van der Waals surface area contributed by atoms with Gasteiger partial charge in [0.1, 0.15) is 128 Å². The molecule has 21 aliphatic rings. The Labute approximate surface area is 400 Å². The minimum absolute atomic E-state index is 1.14. The van der Waals surface area contributed by atoms with Gasteiger partial charge in [-0.2, -0.15) is 0 Å². The van der Waals surface area contributed by atoms with Gasteiger partial charge in [0, 0.05) is 0 Å². The summed E-state index contributed by atoms with van der Waals surface area (Å²) in [5.41, 5.74) is 0. The Balaban J connectivity index is 1.02. The van der Waals surface area contributed by atoms with Gasteiger partial charge in [0.05, 0.1) is 42.7 Å². The maximum absolute atomic E-state index is 11.3. The van der Waals surface area contributed by atoms with Crippen LogP contribution in [0.5, 0.6) is 0 Å². The van der Waals surface area contributed by atoms with Gasteiger partial charge in [-0.05, 0) is 48.5 Å². The van der Waals surface area contributed by atoms with Gasteiger partial charge >= 0.3 is 0 Å². The summed E-state index contributed by atoms with van der Waals surface area (Å²) in [7, 11) is 0. The number of hydrogen-bond donors (Lipinski definition) is 14. The maximum Gasteiger partial charge on any atom is 0.187 e. The molecule has 0 aromatic rings. The zero-order valence-electron chi connectivity index (χ0n) is 39.2. The molecule has 0 aromatic carbocycles. The average molecular weight is 1020 g/mol. The van der Waals surface area contributed by atoms with Crippen LogP contribution in [-0.4, -0.2) is 286 Å². The lowest BCUT2D eigenvalue weighted by molar-refractivity contribution is -0.390. The Morgan fingerprint density at radius 1 is 0.157 bits per heavy atom. The predicted molar refractivity (Wildman–Crippen MR) is 219 cm³/mol. The third-order valence-electron chi connectivity index (χ3n) is 14.5. The van der Waals surface area contributed by atoms with Crippen LogP contribution in [0, 0.1) is 0 Å². The molecule has 406 valence electrons. The summed E-state index contributed by atoms with van der Waals surface area (Å²) >= 11 is 0. The average Bonchev–Trinajstić information content (AvgIpc) is 3.31. The summed E-state index contributed by atoms with van der Waals surface area (Å²) in [5, 5.41) is 157. The minimum atomic E-state index is -1.89. The van der Waals surface area contributed by atoms with Crippen molar-refractivity contribution in [2.75, 3.05) is 0 Å². The first-order valence-electron chi connectivity index (χ1n) is 23.6. The van der Waals surface area contributed by atoms with Gasteiger partial charge in [-0.25, -0.2) is 0 Å². The van der Waals surface area contributed by atoms with Crippen LogP contribution in [0.4, 0.5) is 0 Å². The first-order chi connectivity index (χ1) is 32.9. The van der Waals surface area contributed by atoms with E-state index < -0.39 is 215 Å². The van der Waals surface area contributed by atoms with E-state index in [0.717, 1.165) is 0 Å². The zero-order valence-corrected chi connectivity index (χ0v) is 39.2. The molecule has 28 nitrogen and oxygen atoms in total. The van der Waals surface area contributed by atoms with Gasteiger partial charge in [-0.1, -0.05) is 0 Å². The second-order valence-corrected chi connectivity index (χ2v) is 19.5. The largest absolute Gasteiger partial charge is 0.387 e. The molecule has 0 radical (unpaired) electrons. The number of aliphatic hydroxyl groups excluding tert-OH is 14. The standard InChI is InChI=1S/C42H70O28/c1-8-29-15(43)22(50)36(57-8)65-30-9(2)59-38(24(52)17(30)45)67-32-11(4)61-40(26(54)19(32)47)69-34-13(6)63-42(28(56)21(34)49)70-35-14(7)62-41(27(55)20(35)48)68-33-12(5)60-39(25(53)18(33)46)66-31-10(3)58-37(64-29)23(51)16(31)44/h8-56H,1-7H3. The van der Waals surface area contributed by atoms with Crippen molar-refractivity contribution in [3.8, 4) is 0 Å². The lowest BCUT2D eigenvalue weighted by Crippen LogP contribution is -2.66. The molecule has 21 rings (SSSR count). The van der Waals surface area contributed by atoms with Crippen LogP contribution in [0.3, 0.4) is 0 Å². The van der Waals surface area contributed by atoms with E-state index in [1.807, 2.05) is 0 Å². The van der Waals surface area contributed by atoms with Crippen LogP contribution < -0.4 is 0 Å². The molecule has 0 aliphatic carbocycles. The topological polar surface area (TPSA) is 412 Å². The third-order valence-corrected chi connectivity index (χ3v) is 14.5. The first kappa shape index (κ1) is 55.1. The molecular formula is C42H70O28. The van der Waals surface area contributed by atoms with E-state index in [0.29, 0.717) is 0 Å². The van der Waals surface area contributed by atoms with E-state index in [2.05, 4.69) is 0 Å². The van der Waals surface area contributed by atoms with Crippen molar-refractivity contribution in [1.29, 1.82) is 0 Å². The summed E-state index contributed by atoms with van der Waals surface area (Å²) in [6.07, 6.45) is -55.6. The molecular weight excluding hydrogens is 952 g/mol. The SMILES string of the molecule is CC1OC2OC3C(C)OC(OC4C(C)OC(OC5C(C)OC(OC6C(C)OC(OC7C(C)OC(OC8C(C)OC(OC1C(O)C2O)C(O)C8O)C(O)C7O)C(O)C6O)C(O)C5O)C(O)C4O)C(O)C3O. The predicted octanol–water partition coefficient (Wildman–Crippen LogP) is -8.04. The molecule has 21 heterocycles. The highest BCUT2D eigenvalue weighted by Crippen LogP contribution is 2.38.